The summed E-state index contributed by atoms with van der Waals surface area (Å²) < 4.78 is 0. The van der Waals surface area contributed by atoms with E-state index >= 15 is 0 Å². The van der Waals surface area contributed by atoms with Crippen LogP contribution in [0.4, 0.5) is 0 Å². The van der Waals surface area contributed by atoms with Gasteiger partial charge in [0, 0.05) is 5.56 Å². The summed E-state index contributed by atoms with van der Waals surface area (Å²) in [4.78, 5) is 10.8. The van der Waals surface area contributed by atoms with Gasteiger partial charge in [-0.15, -0.1) is 5.10 Å². The number of amides is 1. The first-order valence-corrected chi connectivity index (χ1v) is 5.56. The summed E-state index contributed by atoms with van der Waals surface area (Å²) >= 11 is 1.30. The molecule has 0 bridgehead atoms. The number of phenolic OH excluding ortho intramolecular Hbond substituents is 1. The van der Waals surface area contributed by atoms with Crippen molar-refractivity contribution in [3.8, 4) is 5.75 Å². The van der Waals surface area contributed by atoms with Crippen molar-refractivity contribution in [2.45, 2.75) is 0 Å². The van der Waals surface area contributed by atoms with Crippen LogP contribution < -0.4 is 5.32 Å². The second-order valence-corrected chi connectivity index (χ2v) is 4.01. The highest BCUT2D eigenvalue weighted by Crippen LogP contribution is 2.13. The summed E-state index contributed by atoms with van der Waals surface area (Å²) in [6.07, 6.45) is 1.44. The molecule has 0 atom stereocenters. The van der Waals surface area contributed by atoms with E-state index in [9.17, 15) is 9.90 Å². The number of nitrogens with zero attached hydrogens (tertiary/aromatic N) is 2. The van der Waals surface area contributed by atoms with Gasteiger partial charge in [0.2, 0.25) is 5.91 Å². The van der Waals surface area contributed by atoms with Gasteiger partial charge >= 0.3 is 0 Å². The van der Waals surface area contributed by atoms with Gasteiger partial charge < -0.3 is 10.4 Å². The third kappa shape index (κ3) is 2.60. The van der Waals surface area contributed by atoms with Gasteiger partial charge in [-0.1, -0.05) is 23.9 Å². The molecular formula is C10H9N3O2S. The topological polar surface area (TPSA) is 74.0 Å². The molecule has 0 aromatic heterocycles. The lowest BCUT2D eigenvalue weighted by Crippen LogP contribution is -2.19. The Kier molecular flexibility index (Phi) is 3.21. The van der Waals surface area contributed by atoms with Gasteiger partial charge in [0.25, 0.3) is 0 Å². The van der Waals surface area contributed by atoms with Gasteiger partial charge in [-0.25, -0.2) is 0 Å². The zero-order valence-electron chi connectivity index (χ0n) is 8.25. The number of nitrogens with one attached hydrogen (secondary N) is 1. The van der Waals surface area contributed by atoms with E-state index in [0.29, 0.717) is 16.5 Å². The maximum Gasteiger partial charge on any atom is 0.236 e. The van der Waals surface area contributed by atoms with E-state index < -0.39 is 0 Å². The van der Waals surface area contributed by atoms with Crippen LogP contribution in [0.15, 0.2) is 34.5 Å². The number of aromatic hydroxyl groups is 1. The minimum absolute atomic E-state index is 0.0680. The number of hydrogen-bond donors (Lipinski definition) is 2. The normalized spacial score (nSPS) is 18.2. The second kappa shape index (κ2) is 4.80. The minimum Gasteiger partial charge on any atom is -0.507 e. The number of amidine groups is 1. The number of para-hydroxylation sites is 1. The Hall–Kier alpha value is -1.82. The van der Waals surface area contributed by atoms with E-state index in [1.807, 2.05) is 0 Å². The van der Waals surface area contributed by atoms with Crippen LogP contribution in [0.3, 0.4) is 0 Å². The predicted molar refractivity (Wildman–Crippen MR) is 63.7 cm³/mol. The molecule has 1 aromatic carbocycles. The Labute approximate surface area is 96.3 Å². The first-order chi connectivity index (χ1) is 7.75. The molecular weight excluding hydrogens is 226 g/mol. The number of carbonyl (C=O) groups excluding carboxylic acids is 1. The van der Waals surface area contributed by atoms with Crippen molar-refractivity contribution in [2.75, 3.05) is 5.75 Å². The molecule has 0 radical (unpaired) electrons. The first kappa shape index (κ1) is 10.7. The van der Waals surface area contributed by atoms with Crippen molar-refractivity contribution in [3.63, 3.8) is 0 Å². The Morgan fingerprint density at radius 1 is 1.44 bits per heavy atom. The zero-order chi connectivity index (χ0) is 11.4. The maximum atomic E-state index is 10.8. The van der Waals surface area contributed by atoms with Crippen molar-refractivity contribution in [3.05, 3.63) is 29.8 Å². The SMILES string of the molecule is O=C1CS/C(=N\N=Cc2ccccc2O)N1. The smallest absolute Gasteiger partial charge is 0.236 e. The quantitative estimate of drug-likeness (QED) is 0.592. The van der Waals surface area contributed by atoms with Gasteiger partial charge in [-0.3, -0.25) is 4.79 Å². The fourth-order valence-corrected chi connectivity index (χ4v) is 1.75. The lowest BCUT2D eigenvalue weighted by Gasteiger charge is -1.95. The standard InChI is InChI=1S/C10H9N3O2S/c14-8-4-2-1-3-7(8)5-11-13-10-12-9(15)6-16-10/h1-5,14H,6H2,(H,12,13,15). The number of thioether (sulfide) groups is 1. The number of hydrogen-bond acceptors (Lipinski definition) is 5. The van der Waals surface area contributed by atoms with Crippen LogP contribution >= 0.6 is 11.8 Å². The van der Waals surface area contributed by atoms with Crippen LogP contribution in [0.1, 0.15) is 5.56 Å². The average molecular weight is 235 g/mol. The van der Waals surface area contributed by atoms with Crippen LogP contribution in [0.25, 0.3) is 0 Å². The lowest BCUT2D eigenvalue weighted by atomic mass is 10.2. The monoisotopic (exact) mass is 235 g/mol. The lowest BCUT2D eigenvalue weighted by molar-refractivity contribution is -0.116. The summed E-state index contributed by atoms with van der Waals surface area (Å²) in [7, 11) is 0. The van der Waals surface area contributed by atoms with Crippen LogP contribution in [0.5, 0.6) is 5.75 Å². The van der Waals surface area contributed by atoms with Crippen molar-refractivity contribution in [1.29, 1.82) is 0 Å². The molecule has 1 aromatic rings. The summed E-state index contributed by atoms with van der Waals surface area (Å²) in [6, 6.07) is 6.81. The van der Waals surface area contributed by atoms with Crippen molar-refractivity contribution >= 4 is 29.1 Å². The number of phenols is 1. The average Bonchev–Trinajstić information content (AvgIpc) is 2.67. The van der Waals surface area contributed by atoms with E-state index in [-0.39, 0.29) is 11.7 Å². The summed E-state index contributed by atoms with van der Waals surface area (Å²) in [5, 5.41) is 20.1. The molecule has 5 nitrogen and oxygen atoms in total. The van der Waals surface area contributed by atoms with E-state index in [4.69, 9.17) is 0 Å². The number of rotatable bonds is 2. The van der Waals surface area contributed by atoms with Crippen molar-refractivity contribution in [1.82, 2.24) is 5.32 Å². The van der Waals surface area contributed by atoms with E-state index in [2.05, 4.69) is 15.5 Å². The van der Waals surface area contributed by atoms with E-state index in [1.54, 1.807) is 24.3 Å². The van der Waals surface area contributed by atoms with Crippen LogP contribution in [-0.2, 0) is 4.79 Å². The fraction of sp³-hybridized carbons (Fsp3) is 0.100. The van der Waals surface area contributed by atoms with Crippen LogP contribution in [0.2, 0.25) is 0 Å². The largest absolute Gasteiger partial charge is 0.507 e. The molecule has 1 fully saturated rings. The molecule has 2 N–H and O–H groups in total. The molecule has 1 aliphatic rings. The highest BCUT2D eigenvalue weighted by atomic mass is 32.2. The molecule has 1 amide bonds. The van der Waals surface area contributed by atoms with E-state index in [0.717, 1.165) is 0 Å². The molecule has 82 valence electrons. The van der Waals surface area contributed by atoms with Gasteiger partial charge in [-0.2, -0.15) is 5.10 Å². The summed E-state index contributed by atoms with van der Waals surface area (Å²) in [5.41, 5.74) is 0.584. The minimum atomic E-state index is -0.0680. The molecule has 6 heteroatoms. The molecule has 0 unspecified atom stereocenters. The first-order valence-electron chi connectivity index (χ1n) is 4.57. The van der Waals surface area contributed by atoms with Crippen LogP contribution in [-0.4, -0.2) is 28.1 Å². The Morgan fingerprint density at radius 3 is 2.94 bits per heavy atom. The summed E-state index contributed by atoms with van der Waals surface area (Å²) in [6.45, 7) is 0. The predicted octanol–water partition coefficient (Wildman–Crippen LogP) is 0.945. The highest BCUT2D eigenvalue weighted by molar-refractivity contribution is 8.15. The van der Waals surface area contributed by atoms with Gasteiger partial charge in [-0.05, 0) is 12.1 Å². The van der Waals surface area contributed by atoms with Crippen molar-refractivity contribution < 1.29 is 9.90 Å². The fourth-order valence-electron chi connectivity index (χ4n) is 1.12. The third-order valence-electron chi connectivity index (χ3n) is 1.87. The number of benzene rings is 1. The zero-order valence-corrected chi connectivity index (χ0v) is 9.07. The van der Waals surface area contributed by atoms with Crippen molar-refractivity contribution in [2.24, 2.45) is 10.2 Å². The maximum absolute atomic E-state index is 10.8. The summed E-state index contributed by atoms with van der Waals surface area (Å²) in [5.74, 6) is 0.460. The molecule has 0 saturated carbocycles. The molecule has 1 aliphatic heterocycles. The molecule has 0 aliphatic carbocycles. The Bertz CT molecular complexity index is 471. The van der Waals surface area contributed by atoms with Gasteiger partial charge in [0.15, 0.2) is 5.17 Å². The van der Waals surface area contributed by atoms with E-state index in [1.165, 1.54) is 18.0 Å². The Morgan fingerprint density at radius 2 is 2.25 bits per heavy atom. The highest BCUT2D eigenvalue weighted by Gasteiger charge is 2.15. The molecule has 2 rings (SSSR count). The van der Waals surface area contributed by atoms with Gasteiger partial charge in [0.05, 0.1) is 12.0 Å². The molecule has 1 heterocycles. The molecule has 0 spiro atoms. The molecule has 1 saturated heterocycles. The third-order valence-corrected chi connectivity index (χ3v) is 2.73. The van der Waals surface area contributed by atoms with Gasteiger partial charge in [0.1, 0.15) is 5.75 Å². The Balaban J connectivity index is 2.05. The van der Waals surface area contributed by atoms with Crippen LogP contribution in [0, 0.1) is 0 Å². The molecule has 16 heavy (non-hydrogen) atoms. The number of carbonyl (C=O) groups is 1. The second-order valence-electron chi connectivity index (χ2n) is 3.05.